The molecule has 1 saturated heterocycles. The highest BCUT2D eigenvalue weighted by atomic mass is 35.5. The number of hydrogen-bond acceptors (Lipinski definition) is 5. The Labute approximate surface area is 140 Å². The number of anilines is 2. The highest BCUT2D eigenvalue weighted by molar-refractivity contribution is 5.85. The second-order valence-corrected chi connectivity index (χ2v) is 6.47. The zero-order chi connectivity index (χ0) is 13.9. The molecule has 0 aliphatic carbocycles. The largest absolute Gasteiger partial charge is 0.366 e. The van der Waals surface area contributed by atoms with E-state index in [4.69, 9.17) is 0 Å². The topological polar surface area (TPSA) is 44.3 Å². The molecule has 1 fully saturated rings. The van der Waals surface area contributed by atoms with Gasteiger partial charge in [-0.25, -0.2) is 0 Å². The lowest BCUT2D eigenvalue weighted by molar-refractivity contribution is 0.313. The molecule has 0 atom stereocenters. The van der Waals surface area contributed by atoms with Crippen LogP contribution in [0, 0.1) is 5.41 Å². The number of nitrogens with zero attached hydrogens (tertiary/aromatic N) is 4. The molecule has 7 heteroatoms. The first kappa shape index (κ1) is 20.2. The van der Waals surface area contributed by atoms with Crippen LogP contribution in [0.3, 0.4) is 0 Å². The number of hydrogen-bond donors (Lipinski definition) is 1. The molecule has 0 unspecified atom stereocenters. The van der Waals surface area contributed by atoms with Gasteiger partial charge in [-0.2, -0.15) is 5.10 Å². The van der Waals surface area contributed by atoms with E-state index >= 15 is 0 Å². The average Bonchev–Trinajstić information content (AvgIpc) is 2.37. The molecule has 0 amide bonds. The number of likely N-dealkylation sites (N-methyl/N-ethyl adjacent to an activating group) is 1. The normalized spacial score (nSPS) is 15.9. The molecule has 5 nitrogen and oxygen atoms in total. The summed E-state index contributed by atoms with van der Waals surface area (Å²) in [4.78, 5) is 4.74. The first-order chi connectivity index (χ1) is 8.96. The van der Waals surface area contributed by atoms with Gasteiger partial charge in [-0.3, -0.25) is 0 Å². The van der Waals surface area contributed by atoms with Crippen molar-refractivity contribution in [1.29, 1.82) is 0 Å². The molecule has 1 N–H and O–H groups in total. The van der Waals surface area contributed by atoms with Crippen LogP contribution in [0.4, 0.5) is 11.5 Å². The molecule has 0 saturated carbocycles. The molecule has 1 aromatic heterocycles. The Balaban J connectivity index is 0.00000200. The minimum atomic E-state index is 0. The van der Waals surface area contributed by atoms with Crippen molar-refractivity contribution in [2.24, 2.45) is 5.41 Å². The van der Waals surface area contributed by atoms with Crippen LogP contribution in [0.5, 0.6) is 0 Å². The van der Waals surface area contributed by atoms with Crippen LogP contribution in [-0.2, 0) is 0 Å². The lowest BCUT2D eigenvalue weighted by Crippen LogP contribution is -2.44. The zero-order valence-corrected chi connectivity index (χ0v) is 14.9. The van der Waals surface area contributed by atoms with Crippen LogP contribution in [0.2, 0.25) is 0 Å². The molecule has 21 heavy (non-hydrogen) atoms. The van der Waals surface area contributed by atoms with Gasteiger partial charge in [0.25, 0.3) is 0 Å². The summed E-state index contributed by atoms with van der Waals surface area (Å²) >= 11 is 0. The summed E-state index contributed by atoms with van der Waals surface area (Å²) in [6.45, 7) is 11.8. The summed E-state index contributed by atoms with van der Waals surface area (Å²) in [5, 5.41) is 11.7. The smallest absolute Gasteiger partial charge is 0.172 e. The molecular formula is C14H27Cl2N5. The highest BCUT2D eigenvalue weighted by Crippen LogP contribution is 2.24. The summed E-state index contributed by atoms with van der Waals surface area (Å²) in [7, 11) is 2.17. The number of aromatic nitrogens is 2. The highest BCUT2D eigenvalue weighted by Gasteiger charge is 2.19. The monoisotopic (exact) mass is 335 g/mol. The van der Waals surface area contributed by atoms with E-state index in [1.54, 1.807) is 6.20 Å². The van der Waals surface area contributed by atoms with Crippen LogP contribution >= 0.6 is 24.8 Å². The third kappa shape index (κ3) is 6.24. The Kier molecular flexibility index (Phi) is 8.29. The number of rotatable bonds is 3. The van der Waals surface area contributed by atoms with Crippen molar-refractivity contribution in [2.75, 3.05) is 50.0 Å². The second kappa shape index (κ2) is 8.61. The first-order valence-corrected chi connectivity index (χ1v) is 6.95. The fourth-order valence-electron chi connectivity index (χ4n) is 2.10. The van der Waals surface area contributed by atoms with Crippen molar-refractivity contribution < 1.29 is 0 Å². The Morgan fingerprint density at radius 3 is 2.33 bits per heavy atom. The van der Waals surface area contributed by atoms with Gasteiger partial charge in [0, 0.05) is 32.7 Å². The first-order valence-electron chi connectivity index (χ1n) is 6.95. The van der Waals surface area contributed by atoms with E-state index in [0.29, 0.717) is 0 Å². The third-order valence-corrected chi connectivity index (χ3v) is 3.33. The predicted molar refractivity (Wildman–Crippen MR) is 94.2 cm³/mol. The van der Waals surface area contributed by atoms with Gasteiger partial charge < -0.3 is 15.1 Å². The maximum Gasteiger partial charge on any atom is 0.172 e. The van der Waals surface area contributed by atoms with Gasteiger partial charge in [-0.1, -0.05) is 20.8 Å². The van der Waals surface area contributed by atoms with Crippen LogP contribution in [0.1, 0.15) is 20.8 Å². The molecular weight excluding hydrogens is 309 g/mol. The molecule has 0 spiro atoms. The Hall–Kier alpha value is -0.780. The molecule has 0 aromatic carbocycles. The second-order valence-electron chi connectivity index (χ2n) is 6.47. The van der Waals surface area contributed by atoms with E-state index in [2.05, 4.69) is 59.2 Å². The van der Waals surface area contributed by atoms with Gasteiger partial charge in [0.2, 0.25) is 0 Å². The van der Waals surface area contributed by atoms with Crippen molar-refractivity contribution in [3.63, 3.8) is 0 Å². The van der Waals surface area contributed by atoms with Crippen molar-refractivity contribution in [1.82, 2.24) is 15.1 Å². The summed E-state index contributed by atoms with van der Waals surface area (Å²) in [6, 6.07) is 2.06. The van der Waals surface area contributed by atoms with Crippen molar-refractivity contribution in [3.05, 3.63) is 12.3 Å². The summed E-state index contributed by atoms with van der Waals surface area (Å²) in [6.07, 6.45) is 1.77. The van der Waals surface area contributed by atoms with Crippen LogP contribution in [0.25, 0.3) is 0 Å². The standard InChI is InChI=1S/C14H25N5.2ClH/c1-14(2,3)11-15-13-12(5-6-16-17-13)19-9-7-18(4)8-10-19;;/h5-6H,7-11H2,1-4H3,(H,15,17);2*1H. The van der Waals surface area contributed by atoms with Crippen molar-refractivity contribution in [3.8, 4) is 0 Å². The van der Waals surface area contributed by atoms with Gasteiger partial charge in [-0.15, -0.1) is 29.9 Å². The van der Waals surface area contributed by atoms with Crippen LogP contribution < -0.4 is 10.2 Å². The van der Waals surface area contributed by atoms with Gasteiger partial charge in [-0.05, 0) is 18.5 Å². The van der Waals surface area contributed by atoms with Gasteiger partial charge in [0.15, 0.2) is 5.82 Å². The zero-order valence-electron chi connectivity index (χ0n) is 13.3. The van der Waals surface area contributed by atoms with E-state index in [9.17, 15) is 0 Å². The fourth-order valence-corrected chi connectivity index (χ4v) is 2.10. The number of halogens is 2. The van der Waals surface area contributed by atoms with Gasteiger partial charge >= 0.3 is 0 Å². The minimum Gasteiger partial charge on any atom is -0.366 e. The number of piperazine rings is 1. The maximum absolute atomic E-state index is 4.26. The van der Waals surface area contributed by atoms with Gasteiger partial charge in [0.05, 0.1) is 11.9 Å². The van der Waals surface area contributed by atoms with E-state index in [-0.39, 0.29) is 30.2 Å². The van der Waals surface area contributed by atoms with E-state index in [1.807, 2.05) is 0 Å². The molecule has 2 heterocycles. The molecule has 1 aliphatic rings. The minimum absolute atomic E-state index is 0. The SMILES string of the molecule is CN1CCN(c2ccnnc2NCC(C)(C)C)CC1.Cl.Cl. The van der Waals surface area contributed by atoms with E-state index in [1.165, 1.54) is 5.69 Å². The predicted octanol–water partition coefficient (Wildman–Crippen LogP) is 2.53. The molecule has 2 rings (SSSR count). The molecule has 1 aromatic rings. The third-order valence-electron chi connectivity index (χ3n) is 3.33. The lowest BCUT2D eigenvalue weighted by Gasteiger charge is -2.34. The lowest BCUT2D eigenvalue weighted by atomic mass is 9.97. The Morgan fingerprint density at radius 1 is 1.14 bits per heavy atom. The van der Waals surface area contributed by atoms with Gasteiger partial charge in [0.1, 0.15) is 0 Å². The molecule has 1 aliphatic heterocycles. The molecule has 0 bridgehead atoms. The maximum atomic E-state index is 4.26. The Morgan fingerprint density at radius 2 is 1.76 bits per heavy atom. The van der Waals surface area contributed by atoms with Crippen molar-refractivity contribution in [2.45, 2.75) is 20.8 Å². The average molecular weight is 336 g/mol. The number of nitrogens with one attached hydrogen (secondary N) is 1. The fraction of sp³-hybridized carbons (Fsp3) is 0.714. The van der Waals surface area contributed by atoms with Crippen molar-refractivity contribution >= 4 is 36.3 Å². The quantitative estimate of drug-likeness (QED) is 0.919. The van der Waals surface area contributed by atoms with E-state index in [0.717, 1.165) is 38.5 Å². The summed E-state index contributed by atoms with van der Waals surface area (Å²) < 4.78 is 0. The Bertz CT molecular complexity index is 414. The molecule has 0 radical (unpaired) electrons. The summed E-state index contributed by atoms with van der Waals surface area (Å²) in [5.74, 6) is 0.905. The van der Waals surface area contributed by atoms with Crippen LogP contribution in [0.15, 0.2) is 12.3 Å². The van der Waals surface area contributed by atoms with E-state index < -0.39 is 0 Å². The molecule has 122 valence electrons. The van der Waals surface area contributed by atoms with Crippen LogP contribution in [-0.4, -0.2) is 54.9 Å². The summed E-state index contributed by atoms with van der Waals surface area (Å²) in [5.41, 5.74) is 1.41.